The molecule has 0 unspecified atom stereocenters. The van der Waals surface area contributed by atoms with Gasteiger partial charge in [0.15, 0.2) is 0 Å². The van der Waals surface area contributed by atoms with E-state index in [1.807, 2.05) is 13.2 Å². The molecule has 0 heterocycles. The number of hydrogen-bond donors (Lipinski definition) is 0. The van der Waals surface area contributed by atoms with Gasteiger partial charge in [-0.2, -0.15) is 0 Å². The first-order valence-corrected chi connectivity index (χ1v) is 10.0. The van der Waals surface area contributed by atoms with E-state index < -0.39 is 0 Å². The molecule has 0 aromatic heterocycles. The number of benzene rings is 1. The van der Waals surface area contributed by atoms with E-state index >= 15 is 0 Å². The van der Waals surface area contributed by atoms with Gasteiger partial charge in [0.25, 0.3) is 0 Å². The van der Waals surface area contributed by atoms with E-state index in [1.54, 1.807) is 6.26 Å². The molecule has 4 heteroatoms. The zero-order valence-corrected chi connectivity index (χ0v) is 17.5. The number of ether oxygens (including phenoxy) is 4. The van der Waals surface area contributed by atoms with Crippen molar-refractivity contribution >= 4 is 11.1 Å². The highest BCUT2D eigenvalue weighted by atomic mass is 16.5. The van der Waals surface area contributed by atoms with E-state index in [-0.39, 0.29) is 0 Å². The molecule has 0 amide bonds. The van der Waals surface area contributed by atoms with Crippen molar-refractivity contribution in [2.24, 2.45) is 0 Å². The van der Waals surface area contributed by atoms with Gasteiger partial charge in [-0.25, -0.2) is 0 Å². The van der Waals surface area contributed by atoms with Gasteiger partial charge in [0, 0.05) is 6.61 Å². The maximum atomic E-state index is 5.58. The topological polar surface area (TPSA) is 36.9 Å². The number of allylic oxidation sites excluding steroid dienone is 2. The summed E-state index contributed by atoms with van der Waals surface area (Å²) in [5, 5.41) is 0. The van der Waals surface area contributed by atoms with Crippen LogP contribution in [0.5, 0.6) is 0 Å². The quantitative estimate of drug-likeness (QED) is 0.291. The maximum absolute atomic E-state index is 5.58. The Balaban J connectivity index is 2.27. The van der Waals surface area contributed by atoms with Gasteiger partial charge in [0.2, 0.25) is 0 Å². The molecule has 27 heavy (non-hydrogen) atoms. The minimum Gasteiger partial charge on any atom is -0.501 e. The molecule has 0 fully saturated rings. The van der Waals surface area contributed by atoms with Gasteiger partial charge in [-0.3, -0.25) is 0 Å². The predicted molar refractivity (Wildman–Crippen MR) is 112 cm³/mol. The molecular formula is C23H36O4. The van der Waals surface area contributed by atoms with Crippen LogP contribution in [-0.4, -0.2) is 39.6 Å². The summed E-state index contributed by atoms with van der Waals surface area (Å²) >= 11 is 0. The van der Waals surface area contributed by atoms with Crippen LogP contribution in [0.3, 0.4) is 0 Å². The van der Waals surface area contributed by atoms with Crippen molar-refractivity contribution in [2.45, 2.75) is 47.0 Å². The van der Waals surface area contributed by atoms with E-state index in [0.29, 0.717) is 26.4 Å². The third-order valence-corrected chi connectivity index (χ3v) is 4.00. The van der Waals surface area contributed by atoms with E-state index in [4.69, 9.17) is 18.9 Å². The second-order valence-corrected chi connectivity index (χ2v) is 6.50. The highest BCUT2D eigenvalue weighted by Gasteiger charge is 2.00. The fraction of sp³-hybridized carbons (Fsp3) is 0.565. The van der Waals surface area contributed by atoms with Crippen LogP contribution in [0.25, 0.3) is 11.1 Å². The summed E-state index contributed by atoms with van der Waals surface area (Å²) in [5.74, 6) is 0. The second kappa shape index (κ2) is 15.3. The molecule has 0 bridgehead atoms. The lowest BCUT2D eigenvalue weighted by atomic mass is 10.0. The molecule has 0 radical (unpaired) electrons. The van der Waals surface area contributed by atoms with Crippen molar-refractivity contribution in [1.29, 1.82) is 0 Å². The van der Waals surface area contributed by atoms with Crippen LogP contribution in [0.15, 0.2) is 36.8 Å². The average molecular weight is 377 g/mol. The van der Waals surface area contributed by atoms with Crippen molar-refractivity contribution < 1.29 is 18.9 Å². The summed E-state index contributed by atoms with van der Waals surface area (Å²) in [7, 11) is 0. The third-order valence-electron chi connectivity index (χ3n) is 4.00. The summed E-state index contributed by atoms with van der Waals surface area (Å²) in [6.45, 7) is 12.3. The molecule has 0 aliphatic rings. The lowest BCUT2D eigenvalue weighted by Gasteiger charge is -2.08. The molecule has 1 rings (SSSR count). The van der Waals surface area contributed by atoms with Crippen LogP contribution in [0.1, 0.15) is 58.1 Å². The Hall–Kier alpha value is -1.78. The monoisotopic (exact) mass is 376 g/mol. The number of rotatable bonds is 15. The van der Waals surface area contributed by atoms with Crippen LogP contribution in [0.4, 0.5) is 0 Å². The van der Waals surface area contributed by atoms with Gasteiger partial charge in [-0.1, -0.05) is 44.5 Å². The number of hydrogen-bond acceptors (Lipinski definition) is 4. The second-order valence-electron chi connectivity index (χ2n) is 6.50. The summed E-state index contributed by atoms with van der Waals surface area (Å²) in [5.41, 5.74) is 4.53. The van der Waals surface area contributed by atoms with Crippen molar-refractivity contribution in [3.05, 3.63) is 47.9 Å². The molecular weight excluding hydrogens is 340 g/mol. The third kappa shape index (κ3) is 10.8. The standard InChI is InChI=1S/C23H36O4/c1-5-7-13-24-14-15-25-16-17-27-19-21(4)23-10-8-22(9-11-23)20(3)18-26-12-6-2/h8-11,18-19H,5-7,12-17H2,1-4H3. The fourth-order valence-corrected chi connectivity index (χ4v) is 2.29. The summed E-state index contributed by atoms with van der Waals surface area (Å²) in [6, 6.07) is 8.42. The Morgan fingerprint density at radius 3 is 1.67 bits per heavy atom. The summed E-state index contributed by atoms with van der Waals surface area (Å²) in [6.07, 6.45) is 6.91. The van der Waals surface area contributed by atoms with Crippen LogP contribution < -0.4 is 0 Å². The predicted octanol–water partition coefficient (Wildman–Crippen LogP) is 5.68. The average Bonchev–Trinajstić information content (AvgIpc) is 2.69. The molecule has 0 atom stereocenters. The van der Waals surface area contributed by atoms with Gasteiger partial charge in [-0.05, 0) is 49.0 Å². The van der Waals surface area contributed by atoms with Crippen LogP contribution >= 0.6 is 0 Å². The minimum absolute atomic E-state index is 0.543. The molecule has 0 saturated heterocycles. The van der Waals surface area contributed by atoms with E-state index in [0.717, 1.165) is 54.7 Å². The SMILES string of the molecule is CCCCOCCOCCOC=C(C)c1ccc(C(C)=COCCC)cc1. The van der Waals surface area contributed by atoms with Crippen LogP contribution in [-0.2, 0) is 18.9 Å². The molecule has 1 aromatic carbocycles. The first kappa shape index (κ1) is 23.3. The maximum Gasteiger partial charge on any atom is 0.111 e. The van der Waals surface area contributed by atoms with E-state index in [2.05, 4.69) is 45.0 Å². The van der Waals surface area contributed by atoms with Gasteiger partial charge in [0.1, 0.15) is 6.61 Å². The Morgan fingerprint density at radius 2 is 1.15 bits per heavy atom. The van der Waals surface area contributed by atoms with Gasteiger partial charge in [-0.15, -0.1) is 0 Å². The van der Waals surface area contributed by atoms with Gasteiger partial charge >= 0.3 is 0 Å². The van der Waals surface area contributed by atoms with Crippen LogP contribution in [0.2, 0.25) is 0 Å². The molecule has 1 aromatic rings. The summed E-state index contributed by atoms with van der Waals surface area (Å²) < 4.78 is 22.0. The molecule has 4 nitrogen and oxygen atoms in total. The minimum atomic E-state index is 0.543. The highest BCUT2D eigenvalue weighted by molar-refractivity contribution is 5.68. The molecule has 0 spiro atoms. The summed E-state index contributed by atoms with van der Waals surface area (Å²) in [4.78, 5) is 0. The van der Waals surface area contributed by atoms with Crippen LogP contribution in [0, 0.1) is 0 Å². The smallest absolute Gasteiger partial charge is 0.111 e. The largest absolute Gasteiger partial charge is 0.501 e. The Kier molecular flexibility index (Phi) is 13.2. The lowest BCUT2D eigenvalue weighted by molar-refractivity contribution is 0.0300. The Labute approximate surface area is 165 Å². The highest BCUT2D eigenvalue weighted by Crippen LogP contribution is 2.19. The molecule has 152 valence electrons. The number of unbranched alkanes of at least 4 members (excludes halogenated alkanes) is 1. The van der Waals surface area contributed by atoms with Gasteiger partial charge in [0.05, 0.1) is 39.0 Å². The molecule has 0 N–H and O–H groups in total. The first-order valence-electron chi connectivity index (χ1n) is 10.0. The fourth-order valence-electron chi connectivity index (χ4n) is 2.29. The normalized spacial score (nSPS) is 12.3. The van der Waals surface area contributed by atoms with Crippen molar-refractivity contribution in [3.63, 3.8) is 0 Å². The zero-order chi connectivity index (χ0) is 19.7. The Morgan fingerprint density at radius 1 is 0.667 bits per heavy atom. The molecule has 0 saturated carbocycles. The van der Waals surface area contributed by atoms with E-state index in [9.17, 15) is 0 Å². The van der Waals surface area contributed by atoms with E-state index in [1.165, 1.54) is 0 Å². The van der Waals surface area contributed by atoms with Gasteiger partial charge < -0.3 is 18.9 Å². The molecule has 0 aliphatic heterocycles. The lowest BCUT2D eigenvalue weighted by Crippen LogP contribution is -2.08. The van der Waals surface area contributed by atoms with Crippen molar-refractivity contribution in [2.75, 3.05) is 39.6 Å². The van der Waals surface area contributed by atoms with Crippen molar-refractivity contribution in [3.8, 4) is 0 Å². The van der Waals surface area contributed by atoms with Crippen molar-refractivity contribution in [1.82, 2.24) is 0 Å². The zero-order valence-electron chi connectivity index (χ0n) is 17.5. The Bertz CT molecular complexity index is 546. The first-order chi connectivity index (χ1) is 13.2. The molecule has 0 aliphatic carbocycles.